The minimum atomic E-state index is 0.542. The van der Waals surface area contributed by atoms with Gasteiger partial charge in [-0.15, -0.1) is 11.8 Å². The Morgan fingerprint density at radius 3 is 3.00 bits per heavy atom. The van der Waals surface area contributed by atoms with E-state index in [2.05, 4.69) is 27.8 Å². The van der Waals surface area contributed by atoms with Crippen LogP contribution in [0, 0.1) is 11.8 Å². The molecule has 0 aliphatic carbocycles. The number of carbonyl (C=O) groups is 1. The van der Waals surface area contributed by atoms with Gasteiger partial charge in [-0.2, -0.15) is 0 Å². The lowest BCUT2D eigenvalue weighted by molar-refractivity contribution is 0.112. The molecule has 3 heteroatoms. The topological polar surface area (TPSA) is 26.3 Å². The maximum atomic E-state index is 10.6. The van der Waals surface area contributed by atoms with Crippen LogP contribution < -0.4 is 4.74 Å². The lowest BCUT2D eigenvalue weighted by Gasteiger charge is -2.05. The number of hydrogen-bond donors (Lipinski definition) is 0. The van der Waals surface area contributed by atoms with Gasteiger partial charge in [0.1, 0.15) is 5.75 Å². The fourth-order valence-corrected chi connectivity index (χ4v) is 1.39. The molecular weight excluding hydrogens is 256 g/mol. The summed E-state index contributed by atoms with van der Waals surface area (Å²) in [5.41, 5.74) is 0.592. The van der Waals surface area contributed by atoms with Crippen LogP contribution in [0.4, 0.5) is 0 Å². The van der Waals surface area contributed by atoms with Crippen molar-refractivity contribution in [2.24, 2.45) is 0 Å². The van der Waals surface area contributed by atoms with Crippen LogP contribution in [0.15, 0.2) is 22.7 Å². The van der Waals surface area contributed by atoms with E-state index in [1.54, 1.807) is 19.1 Å². The third-order valence-electron chi connectivity index (χ3n) is 1.77. The second-order valence-corrected chi connectivity index (χ2v) is 3.68. The summed E-state index contributed by atoms with van der Waals surface area (Å²) in [6, 6.07) is 5.32. The summed E-state index contributed by atoms with van der Waals surface area (Å²) in [7, 11) is 0. The standard InChI is InChI=1S/C12H11BrO2/c1-2-3-4-7-15-11-5-6-12(13)10(8-11)9-14/h5-6,8-9H,4,7H2,1H3. The number of carbonyl (C=O) groups excluding carboxylic acids is 1. The van der Waals surface area contributed by atoms with Gasteiger partial charge in [0, 0.05) is 16.5 Å². The minimum absolute atomic E-state index is 0.542. The first-order valence-corrected chi connectivity index (χ1v) is 5.34. The van der Waals surface area contributed by atoms with Crippen LogP contribution in [-0.4, -0.2) is 12.9 Å². The number of ether oxygens (including phenoxy) is 1. The highest BCUT2D eigenvalue weighted by atomic mass is 79.9. The molecule has 0 bridgehead atoms. The van der Waals surface area contributed by atoms with Crippen LogP contribution >= 0.6 is 15.9 Å². The normalized spacial score (nSPS) is 8.93. The molecule has 0 aliphatic rings. The molecule has 0 unspecified atom stereocenters. The maximum Gasteiger partial charge on any atom is 0.151 e. The molecule has 0 amide bonds. The van der Waals surface area contributed by atoms with Gasteiger partial charge in [-0.1, -0.05) is 15.9 Å². The Bertz CT molecular complexity index is 402. The van der Waals surface area contributed by atoms with Gasteiger partial charge in [0.05, 0.1) is 6.61 Å². The summed E-state index contributed by atoms with van der Waals surface area (Å²) in [6.07, 6.45) is 1.49. The van der Waals surface area contributed by atoms with E-state index in [9.17, 15) is 4.79 Å². The predicted octanol–water partition coefficient (Wildman–Crippen LogP) is 3.05. The molecule has 78 valence electrons. The molecular formula is C12H11BrO2. The molecule has 1 aromatic carbocycles. The summed E-state index contributed by atoms with van der Waals surface area (Å²) in [6.45, 7) is 2.34. The first-order chi connectivity index (χ1) is 7.27. The molecule has 0 atom stereocenters. The third-order valence-corrected chi connectivity index (χ3v) is 2.49. The first kappa shape index (κ1) is 11.8. The molecule has 0 aliphatic heterocycles. The molecule has 1 aromatic rings. The molecule has 0 N–H and O–H groups in total. The Labute approximate surface area is 97.8 Å². The van der Waals surface area contributed by atoms with Crippen LogP contribution in [0.2, 0.25) is 0 Å². The van der Waals surface area contributed by atoms with E-state index >= 15 is 0 Å². The zero-order valence-corrected chi connectivity index (χ0v) is 10.0. The maximum absolute atomic E-state index is 10.6. The summed E-state index contributed by atoms with van der Waals surface area (Å²) in [4.78, 5) is 10.6. The quantitative estimate of drug-likeness (QED) is 0.476. The van der Waals surface area contributed by atoms with Crippen molar-refractivity contribution in [1.29, 1.82) is 0 Å². The summed E-state index contributed by atoms with van der Waals surface area (Å²) in [5, 5.41) is 0. The van der Waals surface area contributed by atoms with Crippen LogP contribution in [0.5, 0.6) is 5.75 Å². The molecule has 0 spiro atoms. The van der Waals surface area contributed by atoms with Crippen molar-refractivity contribution in [2.75, 3.05) is 6.61 Å². The Morgan fingerprint density at radius 1 is 1.53 bits per heavy atom. The van der Waals surface area contributed by atoms with Crippen LogP contribution in [0.1, 0.15) is 23.7 Å². The summed E-state index contributed by atoms with van der Waals surface area (Å²) >= 11 is 3.27. The number of benzene rings is 1. The van der Waals surface area contributed by atoms with Gasteiger partial charge in [0.25, 0.3) is 0 Å². The van der Waals surface area contributed by atoms with Crippen molar-refractivity contribution < 1.29 is 9.53 Å². The smallest absolute Gasteiger partial charge is 0.151 e. The molecule has 15 heavy (non-hydrogen) atoms. The number of rotatable bonds is 4. The van der Waals surface area contributed by atoms with Gasteiger partial charge in [0.15, 0.2) is 6.29 Å². The SMILES string of the molecule is CC#CCCOc1ccc(Br)c(C=O)c1. The average Bonchev–Trinajstić information content (AvgIpc) is 2.26. The van der Waals surface area contributed by atoms with E-state index in [1.165, 1.54) is 0 Å². The van der Waals surface area contributed by atoms with E-state index < -0.39 is 0 Å². The summed E-state index contributed by atoms with van der Waals surface area (Å²) in [5.74, 6) is 6.39. The highest BCUT2D eigenvalue weighted by Gasteiger charge is 2.00. The van der Waals surface area contributed by atoms with Gasteiger partial charge in [-0.25, -0.2) is 0 Å². The van der Waals surface area contributed by atoms with Gasteiger partial charge in [-0.05, 0) is 25.1 Å². The van der Waals surface area contributed by atoms with Gasteiger partial charge < -0.3 is 4.74 Å². The fraction of sp³-hybridized carbons (Fsp3) is 0.250. The van der Waals surface area contributed by atoms with Gasteiger partial charge >= 0.3 is 0 Å². The largest absolute Gasteiger partial charge is 0.493 e. The molecule has 2 nitrogen and oxygen atoms in total. The molecule has 1 rings (SSSR count). The molecule has 0 fully saturated rings. The lowest BCUT2D eigenvalue weighted by Crippen LogP contribution is -1.96. The highest BCUT2D eigenvalue weighted by Crippen LogP contribution is 2.21. The van der Waals surface area contributed by atoms with Crippen molar-refractivity contribution in [3.05, 3.63) is 28.2 Å². The van der Waals surface area contributed by atoms with E-state index in [-0.39, 0.29) is 0 Å². The van der Waals surface area contributed by atoms with E-state index in [0.29, 0.717) is 24.3 Å². The molecule has 0 radical (unpaired) electrons. The van der Waals surface area contributed by atoms with Gasteiger partial charge in [-0.3, -0.25) is 4.79 Å². The van der Waals surface area contributed by atoms with E-state index in [1.807, 2.05) is 6.07 Å². The molecule has 0 saturated heterocycles. The van der Waals surface area contributed by atoms with Crippen LogP contribution in [0.3, 0.4) is 0 Å². The third kappa shape index (κ3) is 3.77. The monoisotopic (exact) mass is 266 g/mol. The van der Waals surface area contributed by atoms with Crippen LogP contribution in [0.25, 0.3) is 0 Å². The highest BCUT2D eigenvalue weighted by molar-refractivity contribution is 9.10. The van der Waals surface area contributed by atoms with Crippen molar-refractivity contribution in [3.63, 3.8) is 0 Å². The average molecular weight is 267 g/mol. The Hall–Kier alpha value is -1.27. The molecule has 0 aromatic heterocycles. The van der Waals surface area contributed by atoms with E-state index in [4.69, 9.17) is 4.74 Å². The Kier molecular flexibility index (Phi) is 4.92. The fourth-order valence-electron chi connectivity index (χ4n) is 1.05. The minimum Gasteiger partial charge on any atom is -0.493 e. The second-order valence-electron chi connectivity index (χ2n) is 2.83. The number of hydrogen-bond acceptors (Lipinski definition) is 2. The zero-order chi connectivity index (χ0) is 11.1. The Morgan fingerprint density at radius 2 is 2.33 bits per heavy atom. The zero-order valence-electron chi connectivity index (χ0n) is 8.42. The summed E-state index contributed by atoms with van der Waals surface area (Å²) < 4.78 is 6.20. The van der Waals surface area contributed by atoms with Crippen molar-refractivity contribution in [3.8, 4) is 17.6 Å². The van der Waals surface area contributed by atoms with Crippen molar-refractivity contribution in [1.82, 2.24) is 0 Å². The van der Waals surface area contributed by atoms with Crippen molar-refractivity contribution in [2.45, 2.75) is 13.3 Å². The number of aldehydes is 1. The number of halogens is 1. The lowest BCUT2D eigenvalue weighted by atomic mass is 10.2. The first-order valence-electron chi connectivity index (χ1n) is 4.55. The molecule has 0 heterocycles. The van der Waals surface area contributed by atoms with E-state index in [0.717, 1.165) is 10.8 Å². The predicted molar refractivity (Wildman–Crippen MR) is 63.1 cm³/mol. The Balaban J connectivity index is 2.60. The van der Waals surface area contributed by atoms with Crippen molar-refractivity contribution >= 4 is 22.2 Å². The van der Waals surface area contributed by atoms with Crippen LogP contribution in [-0.2, 0) is 0 Å². The van der Waals surface area contributed by atoms with Gasteiger partial charge in [0.2, 0.25) is 0 Å². The molecule has 0 saturated carbocycles. The second kappa shape index (κ2) is 6.26.